The van der Waals surface area contributed by atoms with Gasteiger partial charge in [0, 0.05) is 10.6 Å². The molecular weight excluding hydrogens is 261 g/mol. The number of halogens is 2. The lowest BCUT2D eigenvalue weighted by molar-refractivity contribution is 0.408. The molecule has 0 spiro atoms. The summed E-state index contributed by atoms with van der Waals surface area (Å²) in [7, 11) is 0. The Bertz CT molecular complexity index is 351. The first-order valence-corrected chi connectivity index (χ1v) is 7.28. The van der Waals surface area contributed by atoms with Gasteiger partial charge in [-0.05, 0) is 50.0 Å². The lowest BCUT2D eigenvalue weighted by Gasteiger charge is -2.22. The highest BCUT2D eigenvalue weighted by Gasteiger charge is 2.13. The minimum Gasteiger partial charge on any atom is -0.317 e. The van der Waals surface area contributed by atoms with E-state index >= 15 is 0 Å². The first-order valence-electron chi connectivity index (χ1n) is 5.54. The molecule has 0 saturated carbocycles. The van der Waals surface area contributed by atoms with Crippen molar-refractivity contribution < 1.29 is 0 Å². The highest BCUT2D eigenvalue weighted by atomic mass is 35.5. The average molecular weight is 276 g/mol. The number of benzene rings is 1. The van der Waals surface area contributed by atoms with Crippen molar-refractivity contribution in [2.45, 2.75) is 17.7 Å². The van der Waals surface area contributed by atoms with Gasteiger partial charge in [-0.15, -0.1) is 11.8 Å². The minimum absolute atomic E-state index is 0.632. The molecule has 0 amide bonds. The fourth-order valence-electron chi connectivity index (χ4n) is 1.83. The summed E-state index contributed by atoms with van der Waals surface area (Å²) in [4.78, 5) is 1.22. The Balaban J connectivity index is 1.86. The third-order valence-corrected chi connectivity index (χ3v) is 4.80. The maximum atomic E-state index is 5.98. The van der Waals surface area contributed by atoms with Crippen LogP contribution in [0.4, 0.5) is 0 Å². The Morgan fingerprint density at radius 2 is 1.94 bits per heavy atom. The van der Waals surface area contributed by atoms with Crippen LogP contribution < -0.4 is 5.32 Å². The van der Waals surface area contributed by atoms with Crippen LogP contribution in [0.25, 0.3) is 0 Å². The summed E-state index contributed by atoms with van der Waals surface area (Å²) in [5.41, 5.74) is 0. The number of rotatable bonds is 3. The van der Waals surface area contributed by atoms with Gasteiger partial charge in [-0.25, -0.2) is 0 Å². The van der Waals surface area contributed by atoms with Gasteiger partial charge >= 0.3 is 0 Å². The second-order valence-corrected chi connectivity index (χ2v) is 5.99. The molecule has 0 bridgehead atoms. The fraction of sp³-hybridized carbons (Fsp3) is 0.500. The topological polar surface area (TPSA) is 12.0 Å². The Morgan fingerprint density at radius 3 is 2.62 bits per heavy atom. The van der Waals surface area contributed by atoms with E-state index in [1.54, 1.807) is 0 Å². The monoisotopic (exact) mass is 275 g/mol. The van der Waals surface area contributed by atoms with Gasteiger partial charge in [-0.2, -0.15) is 0 Å². The van der Waals surface area contributed by atoms with Crippen LogP contribution in [0, 0.1) is 5.92 Å². The van der Waals surface area contributed by atoms with E-state index in [-0.39, 0.29) is 0 Å². The minimum atomic E-state index is 0.632. The molecule has 1 aliphatic rings. The van der Waals surface area contributed by atoms with Crippen LogP contribution >= 0.6 is 35.0 Å². The van der Waals surface area contributed by atoms with Gasteiger partial charge in [0.25, 0.3) is 0 Å². The summed E-state index contributed by atoms with van der Waals surface area (Å²) in [6.45, 7) is 2.32. The molecule has 0 atom stereocenters. The SMILES string of the molecule is Clc1ccc(SCC2CCNCC2)cc1Cl. The summed E-state index contributed by atoms with van der Waals surface area (Å²) >= 11 is 13.7. The molecular formula is C12H15Cl2NS. The molecule has 1 aromatic rings. The summed E-state index contributed by atoms with van der Waals surface area (Å²) in [6.07, 6.45) is 2.57. The Kier molecular flexibility index (Phi) is 4.83. The van der Waals surface area contributed by atoms with Gasteiger partial charge in [0.15, 0.2) is 0 Å². The number of hydrogen-bond donors (Lipinski definition) is 1. The van der Waals surface area contributed by atoms with E-state index in [9.17, 15) is 0 Å². The van der Waals surface area contributed by atoms with Crippen LogP contribution in [0.5, 0.6) is 0 Å². The molecule has 2 rings (SSSR count). The zero-order chi connectivity index (χ0) is 11.4. The molecule has 16 heavy (non-hydrogen) atoms. The molecule has 1 nitrogen and oxygen atoms in total. The van der Waals surface area contributed by atoms with Crippen LogP contribution in [0.3, 0.4) is 0 Å². The van der Waals surface area contributed by atoms with Crippen molar-refractivity contribution in [3.63, 3.8) is 0 Å². The highest BCUT2D eigenvalue weighted by molar-refractivity contribution is 7.99. The lowest BCUT2D eigenvalue weighted by atomic mass is 10.0. The quantitative estimate of drug-likeness (QED) is 0.835. The lowest BCUT2D eigenvalue weighted by Crippen LogP contribution is -2.28. The second kappa shape index (κ2) is 6.15. The molecule has 1 fully saturated rings. The molecule has 1 heterocycles. The second-order valence-electron chi connectivity index (χ2n) is 4.08. The van der Waals surface area contributed by atoms with Gasteiger partial charge < -0.3 is 5.32 Å². The third-order valence-electron chi connectivity index (χ3n) is 2.84. The zero-order valence-electron chi connectivity index (χ0n) is 9.01. The van der Waals surface area contributed by atoms with Crippen molar-refractivity contribution in [1.29, 1.82) is 0 Å². The molecule has 1 N–H and O–H groups in total. The summed E-state index contributed by atoms with van der Waals surface area (Å²) in [5, 5.41) is 4.66. The standard InChI is InChI=1S/C12H15Cl2NS/c13-11-2-1-10(7-12(11)14)16-8-9-3-5-15-6-4-9/h1-2,7,9,15H,3-6,8H2. The predicted octanol–water partition coefficient (Wildman–Crippen LogP) is 4.09. The van der Waals surface area contributed by atoms with Crippen molar-refractivity contribution in [3.8, 4) is 0 Å². The van der Waals surface area contributed by atoms with E-state index in [2.05, 4.69) is 5.32 Å². The van der Waals surface area contributed by atoms with Crippen LogP contribution in [0.15, 0.2) is 23.1 Å². The number of thioether (sulfide) groups is 1. The molecule has 1 aliphatic heterocycles. The molecule has 88 valence electrons. The molecule has 0 aromatic heterocycles. The molecule has 4 heteroatoms. The van der Waals surface area contributed by atoms with Crippen LogP contribution in [0.1, 0.15) is 12.8 Å². The normalized spacial score (nSPS) is 17.6. The fourth-order valence-corrected chi connectivity index (χ4v) is 3.32. The first-order chi connectivity index (χ1) is 7.75. The van der Waals surface area contributed by atoms with Crippen molar-refractivity contribution >= 4 is 35.0 Å². The van der Waals surface area contributed by atoms with Gasteiger partial charge in [0.1, 0.15) is 0 Å². The molecule has 0 unspecified atom stereocenters. The summed E-state index contributed by atoms with van der Waals surface area (Å²) in [6, 6.07) is 5.87. The van der Waals surface area contributed by atoms with Crippen molar-refractivity contribution in [3.05, 3.63) is 28.2 Å². The summed E-state index contributed by atoms with van der Waals surface area (Å²) < 4.78 is 0. The highest BCUT2D eigenvalue weighted by Crippen LogP contribution is 2.30. The van der Waals surface area contributed by atoms with E-state index < -0.39 is 0 Å². The van der Waals surface area contributed by atoms with Gasteiger partial charge in [0.05, 0.1) is 10.0 Å². The molecule has 1 aromatic carbocycles. The number of hydrogen-bond acceptors (Lipinski definition) is 2. The Labute approximate surface area is 111 Å². The van der Waals surface area contributed by atoms with Gasteiger partial charge in [-0.1, -0.05) is 23.2 Å². The number of piperidine rings is 1. The van der Waals surface area contributed by atoms with E-state index in [4.69, 9.17) is 23.2 Å². The van der Waals surface area contributed by atoms with E-state index in [0.29, 0.717) is 10.0 Å². The smallest absolute Gasteiger partial charge is 0.0603 e. The van der Waals surface area contributed by atoms with Crippen molar-refractivity contribution in [2.75, 3.05) is 18.8 Å². The Morgan fingerprint density at radius 1 is 1.19 bits per heavy atom. The Hall–Kier alpha value is 0.110. The number of nitrogens with one attached hydrogen (secondary N) is 1. The largest absolute Gasteiger partial charge is 0.317 e. The van der Waals surface area contributed by atoms with E-state index in [1.165, 1.54) is 23.5 Å². The maximum absolute atomic E-state index is 5.98. The molecule has 0 radical (unpaired) electrons. The summed E-state index contributed by atoms with van der Waals surface area (Å²) in [5.74, 6) is 2.01. The van der Waals surface area contributed by atoms with Crippen molar-refractivity contribution in [1.82, 2.24) is 5.32 Å². The third kappa shape index (κ3) is 3.56. The van der Waals surface area contributed by atoms with E-state index in [1.807, 2.05) is 30.0 Å². The zero-order valence-corrected chi connectivity index (χ0v) is 11.3. The maximum Gasteiger partial charge on any atom is 0.0603 e. The van der Waals surface area contributed by atoms with Crippen LogP contribution in [-0.2, 0) is 0 Å². The first kappa shape index (κ1) is 12.6. The van der Waals surface area contributed by atoms with Crippen molar-refractivity contribution in [2.24, 2.45) is 5.92 Å². The molecule has 1 saturated heterocycles. The van der Waals surface area contributed by atoms with Crippen LogP contribution in [-0.4, -0.2) is 18.8 Å². The van der Waals surface area contributed by atoms with Gasteiger partial charge in [-0.3, -0.25) is 0 Å². The average Bonchev–Trinajstić information content (AvgIpc) is 2.32. The van der Waals surface area contributed by atoms with Crippen LogP contribution in [0.2, 0.25) is 10.0 Å². The van der Waals surface area contributed by atoms with Gasteiger partial charge in [0.2, 0.25) is 0 Å². The molecule has 0 aliphatic carbocycles. The van der Waals surface area contributed by atoms with E-state index in [0.717, 1.165) is 19.0 Å². The predicted molar refractivity (Wildman–Crippen MR) is 72.8 cm³/mol.